The number of hydrogen-bond donors (Lipinski definition) is 2. The highest BCUT2D eigenvalue weighted by molar-refractivity contribution is 7.89. The number of ether oxygens (including phenoxy) is 1. The van der Waals surface area contributed by atoms with Crippen LogP contribution in [0.2, 0.25) is 0 Å². The highest BCUT2D eigenvalue weighted by Crippen LogP contribution is 2.15. The number of hydrogen-bond acceptors (Lipinski definition) is 4. The smallest absolute Gasteiger partial charge is 0.258 e. The Kier molecular flexibility index (Phi) is 6.26. The van der Waals surface area contributed by atoms with Gasteiger partial charge in [-0.3, -0.25) is 10.2 Å². The number of carbonyl (C=O) groups excluding carboxylic acids is 1. The second-order valence-corrected chi connectivity index (χ2v) is 6.57. The predicted molar refractivity (Wildman–Crippen MR) is 91.5 cm³/mol. The molecular weight excluding hydrogens is 347 g/mol. The van der Waals surface area contributed by atoms with Crippen molar-refractivity contribution in [3.8, 4) is 5.75 Å². The minimum absolute atomic E-state index is 0.0150. The van der Waals surface area contributed by atoms with Crippen molar-refractivity contribution in [1.29, 1.82) is 0 Å². The molecule has 0 aliphatic heterocycles. The molecule has 0 saturated carbocycles. The third-order valence-electron chi connectivity index (χ3n) is 3.05. The van der Waals surface area contributed by atoms with Crippen LogP contribution in [0.1, 0.15) is 12.5 Å². The van der Waals surface area contributed by atoms with Gasteiger partial charge < -0.3 is 4.74 Å². The van der Waals surface area contributed by atoms with Gasteiger partial charge in [-0.1, -0.05) is 12.1 Å². The van der Waals surface area contributed by atoms with E-state index in [-0.39, 0.29) is 10.7 Å². The zero-order valence-corrected chi connectivity index (χ0v) is 14.2. The summed E-state index contributed by atoms with van der Waals surface area (Å²) in [4.78, 5) is 13.7. The normalized spacial score (nSPS) is 11.4. The van der Waals surface area contributed by atoms with Gasteiger partial charge in [-0.15, -0.1) is 4.83 Å². The monoisotopic (exact) mass is 364 g/mol. The Morgan fingerprint density at radius 2 is 1.76 bits per heavy atom. The van der Waals surface area contributed by atoms with Gasteiger partial charge in [-0.2, -0.15) is 0 Å². The van der Waals surface area contributed by atoms with Crippen molar-refractivity contribution in [3.63, 3.8) is 0 Å². The maximum Gasteiger partial charge on any atom is 0.258 e. The molecule has 0 aromatic heterocycles. The molecular formula is C17H17FN2O4S. The molecule has 0 aliphatic rings. The molecule has 0 heterocycles. The van der Waals surface area contributed by atoms with E-state index < -0.39 is 15.9 Å². The zero-order valence-electron chi connectivity index (χ0n) is 13.4. The number of sulfonamides is 1. The number of benzene rings is 2. The van der Waals surface area contributed by atoms with Crippen molar-refractivity contribution in [2.75, 3.05) is 6.61 Å². The van der Waals surface area contributed by atoms with Crippen molar-refractivity contribution in [1.82, 2.24) is 10.3 Å². The first-order valence-corrected chi connectivity index (χ1v) is 8.87. The Morgan fingerprint density at radius 1 is 1.12 bits per heavy atom. The molecule has 0 bridgehead atoms. The fourth-order valence-electron chi connectivity index (χ4n) is 1.85. The lowest BCUT2D eigenvalue weighted by Crippen LogP contribution is -2.40. The van der Waals surface area contributed by atoms with Gasteiger partial charge in [0, 0.05) is 6.08 Å². The molecule has 25 heavy (non-hydrogen) atoms. The molecule has 2 aromatic carbocycles. The van der Waals surface area contributed by atoms with E-state index in [0.29, 0.717) is 17.9 Å². The maximum absolute atomic E-state index is 12.8. The van der Waals surface area contributed by atoms with Crippen LogP contribution in [0.4, 0.5) is 4.39 Å². The molecule has 0 aliphatic carbocycles. The summed E-state index contributed by atoms with van der Waals surface area (Å²) >= 11 is 0. The van der Waals surface area contributed by atoms with Crippen LogP contribution in [0, 0.1) is 5.82 Å². The molecule has 6 nitrogen and oxygen atoms in total. The Balaban J connectivity index is 1.94. The predicted octanol–water partition coefficient (Wildman–Crippen LogP) is 2.25. The summed E-state index contributed by atoms with van der Waals surface area (Å²) in [7, 11) is -3.90. The fraction of sp³-hybridized carbons (Fsp3) is 0.118. The van der Waals surface area contributed by atoms with Crippen molar-refractivity contribution in [2.45, 2.75) is 11.8 Å². The minimum atomic E-state index is -3.90. The summed E-state index contributed by atoms with van der Waals surface area (Å²) < 4.78 is 42.2. The quantitative estimate of drug-likeness (QED) is 0.583. The molecule has 2 rings (SSSR count). The van der Waals surface area contributed by atoms with E-state index in [9.17, 15) is 17.6 Å². The van der Waals surface area contributed by atoms with Gasteiger partial charge in [-0.05, 0) is 55.0 Å². The molecule has 8 heteroatoms. The van der Waals surface area contributed by atoms with Crippen LogP contribution in [-0.2, 0) is 14.8 Å². The number of carbonyl (C=O) groups is 1. The Morgan fingerprint density at radius 3 is 2.36 bits per heavy atom. The highest BCUT2D eigenvalue weighted by Gasteiger charge is 2.14. The molecule has 0 fully saturated rings. The van der Waals surface area contributed by atoms with Crippen molar-refractivity contribution < 1.29 is 22.3 Å². The van der Waals surface area contributed by atoms with E-state index in [1.807, 2.05) is 11.8 Å². The first-order valence-electron chi connectivity index (χ1n) is 7.39. The molecule has 132 valence electrons. The van der Waals surface area contributed by atoms with Crippen molar-refractivity contribution in [2.24, 2.45) is 0 Å². The van der Waals surface area contributed by atoms with E-state index in [0.717, 1.165) is 6.08 Å². The zero-order chi connectivity index (χ0) is 18.3. The Hall–Kier alpha value is -2.71. The molecule has 0 atom stereocenters. The first kappa shape index (κ1) is 18.6. The lowest BCUT2D eigenvalue weighted by molar-refractivity contribution is -0.116. The fourth-order valence-corrected chi connectivity index (χ4v) is 2.69. The first-order chi connectivity index (χ1) is 11.9. The summed E-state index contributed by atoms with van der Waals surface area (Å²) in [5.74, 6) is -0.503. The number of amides is 1. The van der Waals surface area contributed by atoms with Crippen LogP contribution in [0.25, 0.3) is 6.08 Å². The SMILES string of the molecule is CCOc1ccc(S(=O)(=O)NNC(=O)/C=C/c2ccc(F)cc2)cc1. The maximum atomic E-state index is 12.8. The number of nitrogens with one attached hydrogen (secondary N) is 2. The van der Waals surface area contributed by atoms with Gasteiger partial charge in [0.2, 0.25) is 0 Å². The van der Waals surface area contributed by atoms with Crippen LogP contribution in [0.15, 0.2) is 59.5 Å². The van der Waals surface area contributed by atoms with Gasteiger partial charge in [0.15, 0.2) is 0 Å². The van der Waals surface area contributed by atoms with E-state index in [1.54, 1.807) is 0 Å². The lowest BCUT2D eigenvalue weighted by atomic mass is 10.2. The van der Waals surface area contributed by atoms with Crippen molar-refractivity contribution >= 4 is 22.0 Å². The van der Waals surface area contributed by atoms with E-state index >= 15 is 0 Å². The molecule has 2 aromatic rings. The number of halogens is 1. The molecule has 0 spiro atoms. The molecule has 0 radical (unpaired) electrons. The van der Waals surface area contributed by atoms with Crippen LogP contribution in [0.3, 0.4) is 0 Å². The van der Waals surface area contributed by atoms with E-state index in [4.69, 9.17) is 4.74 Å². The Labute approximate surface area is 145 Å². The summed E-state index contributed by atoms with van der Waals surface area (Å²) in [6, 6.07) is 11.3. The van der Waals surface area contributed by atoms with Gasteiger partial charge in [0.05, 0.1) is 11.5 Å². The second kappa shape index (κ2) is 8.41. The van der Waals surface area contributed by atoms with Gasteiger partial charge >= 0.3 is 0 Å². The standard InChI is InChI=1S/C17H17FN2O4S/c1-2-24-15-8-10-16(11-9-15)25(22,23)20-19-17(21)12-5-13-3-6-14(18)7-4-13/h3-12,20H,2H2,1H3,(H,19,21)/b12-5+. The largest absolute Gasteiger partial charge is 0.494 e. The van der Waals surface area contributed by atoms with Crippen LogP contribution < -0.4 is 15.0 Å². The van der Waals surface area contributed by atoms with E-state index in [1.165, 1.54) is 54.6 Å². The average molecular weight is 364 g/mol. The van der Waals surface area contributed by atoms with Crippen LogP contribution in [-0.4, -0.2) is 20.9 Å². The van der Waals surface area contributed by atoms with Gasteiger partial charge in [-0.25, -0.2) is 12.8 Å². The van der Waals surface area contributed by atoms with Gasteiger partial charge in [0.25, 0.3) is 15.9 Å². The van der Waals surface area contributed by atoms with Crippen LogP contribution in [0.5, 0.6) is 5.75 Å². The average Bonchev–Trinajstić information content (AvgIpc) is 2.60. The number of rotatable bonds is 7. The van der Waals surface area contributed by atoms with Gasteiger partial charge in [0.1, 0.15) is 11.6 Å². The van der Waals surface area contributed by atoms with E-state index in [2.05, 4.69) is 5.43 Å². The minimum Gasteiger partial charge on any atom is -0.494 e. The van der Waals surface area contributed by atoms with Crippen molar-refractivity contribution in [3.05, 3.63) is 66.0 Å². The topological polar surface area (TPSA) is 84.5 Å². The third-order valence-corrected chi connectivity index (χ3v) is 4.31. The summed E-state index contributed by atoms with van der Waals surface area (Å²) in [6.07, 6.45) is 2.56. The highest BCUT2D eigenvalue weighted by atomic mass is 32.2. The summed E-state index contributed by atoms with van der Waals surface area (Å²) in [6.45, 7) is 2.29. The second-order valence-electron chi connectivity index (χ2n) is 4.88. The third kappa shape index (κ3) is 5.70. The molecule has 2 N–H and O–H groups in total. The van der Waals surface area contributed by atoms with Crippen LogP contribution >= 0.6 is 0 Å². The molecule has 0 saturated heterocycles. The number of hydrazine groups is 1. The molecule has 0 unspecified atom stereocenters. The molecule has 1 amide bonds. The summed E-state index contributed by atoms with van der Waals surface area (Å²) in [5, 5.41) is 0. The Bertz CT molecular complexity index is 847. The summed E-state index contributed by atoms with van der Waals surface area (Å²) in [5.41, 5.74) is 2.68. The lowest BCUT2D eigenvalue weighted by Gasteiger charge is -2.08.